The van der Waals surface area contributed by atoms with Crippen LogP contribution >= 0.6 is 23.8 Å². The molecule has 0 aliphatic rings. The fraction of sp³-hybridized carbons (Fsp3) is 0.368. The van der Waals surface area contributed by atoms with Crippen molar-refractivity contribution in [1.82, 2.24) is 4.90 Å². The second kappa shape index (κ2) is 9.00. The van der Waals surface area contributed by atoms with Crippen LogP contribution in [0, 0.1) is 5.92 Å². The van der Waals surface area contributed by atoms with Gasteiger partial charge in [-0.2, -0.15) is 0 Å². The number of hydrogen-bond donors (Lipinski definition) is 1. The Bertz CT molecular complexity index is 661. The first-order valence-corrected chi connectivity index (χ1v) is 9.06. The molecule has 5 heteroatoms. The van der Waals surface area contributed by atoms with Crippen LogP contribution in [0.15, 0.2) is 48.7 Å². The lowest BCUT2D eigenvalue weighted by Crippen LogP contribution is -2.39. The van der Waals surface area contributed by atoms with Gasteiger partial charge in [-0.05, 0) is 49.7 Å². The van der Waals surface area contributed by atoms with Gasteiger partial charge in [-0.3, -0.25) is 0 Å². The van der Waals surface area contributed by atoms with Crippen molar-refractivity contribution in [2.45, 2.75) is 33.2 Å². The number of rotatable bonds is 6. The van der Waals surface area contributed by atoms with Crippen molar-refractivity contribution in [1.29, 1.82) is 0 Å². The number of halogens is 1. The number of nitrogens with zero attached hydrogens (tertiary/aromatic N) is 1. The van der Waals surface area contributed by atoms with E-state index in [0.717, 1.165) is 24.3 Å². The number of aromatic nitrogens is 1. The molecule has 0 spiro atoms. The van der Waals surface area contributed by atoms with Crippen molar-refractivity contribution >= 4 is 34.6 Å². The highest BCUT2D eigenvalue weighted by atomic mass is 35.5. The number of thiocarbonyl (C=S) groups is 1. The Morgan fingerprint density at radius 1 is 1.21 bits per heavy atom. The van der Waals surface area contributed by atoms with Gasteiger partial charge in [0.05, 0.1) is 0 Å². The van der Waals surface area contributed by atoms with Crippen molar-refractivity contribution in [2.24, 2.45) is 5.92 Å². The molecule has 0 aliphatic heterocycles. The van der Waals surface area contributed by atoms with E-state index in [1.165, 1.54) is 0 Å². The molecule has 0 aliphatic carbocycles. The lowest BCUT2D eigenvalue weighted by atomic mass is 10.1. The van der Waals surface area contributed by atoms with Gasteiger partial charge in [-0.15, -0.1) is 0 Å². The Morgan fingerprint density at radius 2 is 2.00 bits per heavy atom. The maximum absolute atomic E-state index is 6.07. The van der Waals surface area contributed by atoms with E-state index in [1.54, 1.807) is 0 Å². The van der Waals surface area contributed by atoms with Crippen molar-refractivity contribution in [3.63, 3.8) is 0 Å². The van der Waals surface area contributed by atoms with E-state index in [0.29, 0.717) is 16.1 Å². The summed E-state index contributed by atoms with van der Waals surface area (Å²) >= 11 is 11.8. The third-order valence-electron chi connectivity index (χ3n) is 3.93. The van der Waals surface area contributed by atoms with E-state index in [9.17, 15) is 0 Å². The number of nitrogens with one attached hydrogen (secondary N) is 2. The average molecular weight is 363 g/mol. The van der Waals surface area contributed by atoms with Crippen molar-refractivity contribution in [3.05, 3.63) is 59.4 Å². The maximum atomic E-state index is 6.07. The summed E-state index contributed by atoms with van der Waals surface area (Å²) in [4.78, 5) is 5.54. The van der Waals surface area contributed by atoms with Crippen LogP contribution in [0.1, 0.15) is 38.9 Å². The average Bonchev–Trinajstić information content (AvgIpc) is 2.55. The number of anilines is 1. The molecular weight excluding hydrogens is 338 g/mol. The fourth-order valence-corrected chi connectivity index (χ4v) is 3.02. The summed E-state index contributed by atoms with van der Waals surface area (Å²) in [7, 11) is 0. The number of hydrogen-bond acceptors (Lipinski definition) is 1. The van der Waals surface area contributed by atoms with E-state index in [4.69, 9.17) is 23.8 Å². The van der Waals surface area contributed by atoms with Crippen LogP contribution < -0.4 is 10.3 Å². The number of H-pyrrole nitrogens is 1. The zero-order chi connectivity index (χ0) is 17.5. The molecule has 0 saturated heterocycles. The topological polar surface area (TPSA) is 29.4 Å². The first kappa shape index (κ1) is 18.7. The largest absolute Gasteiger partial charge is 0.336 e. The third-order valence-corrected chi connectivity index (χ3v) is 4.51. The van der Waals surface area contributed by atoms with E-state index in [-0.39, 0.29) is 6.04 Å². The van der Waals surface area contributed by atoms with Gasteiger partial charge in [-0.25, -0.2) is 4.98 Å². The summed E-state index contributed by atoms with van der Waals surface area (Å²) in [5.74, 6) is 0.619. The summed E-state index contributed by atoms with van der Waals surface area (Å²) < 4.78 is 0. The second-order valence-corrected chi connectivity index (χ2v) is 7.13. The molecule has 0 bridgehead atoms. The van der Waals surface area contributed by atoms with Gasteiger partial charge in [-0.1, -0.05) is 37.6 Å². The minimum absolute atomic E-state index is 0.157. The van der Waals surface area contributed by atoms with E-state index in [2.05, 4.69) is 42.0 Å². The van der Waals surface area contributed by atoms with Gasteiger partial charge in [0.25, 0.3) is 0 Å². The molecule has 128 valence electrons. The Morgan fingerprint density at radius 3 is 2.62 bits per heavy atom. The molecule has 1 heterocycles. The van der Waals surface area contributed by atoms with Crippen LogP contribution in [0.3, 0.4) is 0 Å². The molecule has 24 heavy (non-hydrogen) atoms. The van der Waals surface area contributed by atoms with Crippen LogP contribution in [-0.4, -0.2) is 16.6 Å². The minimum atomic E-state index is 0.157. The molecule has 2 rings (SSSR count). The van der Waals surface area contributed by atoms with Crippen LogP contribution in [0.4, 0.5) is 5.69 Å². The molecule has 1 aromatic heterocycles. The lowest BCUT2D eigenvalue weighted by Gasteiger charge is -2.30. The lowest BCUT2D eigenvalue weighted by molar-refractivity contribution is -0.395. The second-order valence-electron chi connectivity index (χ2n) is 6.31. The van der Waals surface area contributed by atoms with E-state index < -0.39 is 0 Å². The quantitative estimate of drug-likeness (QED) is 0.736. The summed E-state index contributed by atoms with van der Waals surface area (Å²) in [6.07, 6.45) is 3.02. The van der Waals surface area contributed by atoms with Crippen molar-refractivity contribution < 1.29 is 4.98 Å². The predicted molar refractivity (Wildman–Crippen MR) is 105 cm³/mol. The third kappa shape index (κ3) is 5.46. The summed E-state index contributed by atoms with van der Waals surface area (Å²) in [5, 5.41) is 4.72. The highest BCUT2D eigenvalue weighted by molar-refractivity contribution is 7.80. The fourth-order valence-electron chi connectivity index (χ4n) is 2.46. The molecule has 2 N–H and O–H groups in total. The molecule has 1 aromatic carbocycles. The molecule has 1 unspecified atom stereocenters. The van der Waals surface area contributed by atoms with Gasteiger partial charge in [0, 0.05) is 29.4 Å². The van der Waals surface area contributed by atoms with E-state index in [1.807, 2.05) is 42.6 Å². The molecule has 0 fully saturated rings. The Kier molecular flexibility index (Phi) is 7.00. The van der Waals surface area contributed by atoms with Crippen LogP contribution in [-0.2, 0) is 0 Å². The van der Waals surface area contributed by atoms with Crippen LogP contribution in [0.5, 0.6) is 0 Å². The Labute approximate surface area is 155 Å². The smallest absolute Gasteiger partial charge is 0.202 e. The highest BCUT2D eigenvalue weighted by Crippen LogP contribution is 2.21. The molecule has 3 nitrogen and oxygen atoms in total. The van der Waals surface area contributed by atoms with E-state index >= 15 is 0 Å². The predicted octanol–water partition coefficient (Wildman–Crippen LogP) is 4.96. The SMILES string of the molecule is CC(C)CCN(C(=S)Nc1cccc(Cl)c1)C(C)c1cccc[nH+]1. The molecular formula is C19H25ClN3S+. The van der Waals surface area contributed by atoms with Crippen LogP contribution in [0.25, 0.3) is 0 Å². The van der Waals surface area contributed by atoms with Gasteiger partial charge < -0.3 is 10.2 Å². The normalized spacial score (nSPS) is 12.0. The zero-order valence-corrected chi connectivity index (χ0v) is 16.0. The molecule has 0 amide bonds. The first-order valence-electron chi connectivity index (χ1n) is 8.27. The Balaban J connectivity index is 2.16. The summed E-state index contributed by atoms with van der Waals surface area (Å²) in [6.45, 7) is 7.52. The first-order chi connectivity index (χ1) is 11.5. The van der Waals surface area contributed by atoms with Gasteiger partial charge >= 0.3 is 0 Å². The maximum Gasteiger partial charge on any atom is 0.202 e. The standard InChI is InChI=1S/C19H24ClN3S/c1-14(2)10-12-23(15(3)18-9-4-5-11-21-18)19(24)22-17-8-6-7-16(20)13-17/h4-9,11,13-15H,10,12H2,1-3H3,(H,22,24)/p+1. The number of pyridine rings is 1. The molecule has 0 radical (unpaired) electrons. The van der Waals surface area contributed by atoms with Gasteiger partial charge in [0.2, 0.25) is 5.69 Å². The summed E-state index contributed by atoms with van der Waals surface area (Å²) in [6, 6.07) is 13.9. The van der Waals surface area contributed by atoms with Crippen molar-refractivity contribution in [2.75, 3.05) is 11.9 Å². The van der Waals surface area contributed by atoms with Crippen molar-refractivity contribution in [3.8, 4) is 0 Å². The number of aromatic amines is 1. The zero-order valence-electron chi connectivity index (χ0n) is 14.4. The molecule has 2 aromatic rings. The van der Waals surface area contributed by atoms with Crippen LogP contribution in [0.2, 0.25) is 5.02 Å². The monoisotopic (exact) mass is 362 g/mol. The van der Waals surface area contributed by atoms with Gasteiger partial charge in [0.1, 0.15) is 6.04 Å². The van der Waals surface area contributed by atoms with Gasteiger partial charge in [0.15, 0.2) is 11.3 Å². The number of benzene rings is 1. The summed E-state index contributed by atoms with van der Waals surface area (Å²) in [5.41, 5.74) is 2.04. The highest BCUT2D eigenvalue weighted by Gasteiger charge is 2.23. The minimum Gasteiger partial charge on any atom is -0.336 e. The Hall–Kier alpha value is -1.65. The molecule has 0 saturated carbocycles. The molecule has 1 atom stereocenters.